The van der Waals surface area contributed by atoms with Gasteiger partial charge in [0.25, 0.3) is 0 Å². The molecule has 6 heteroatoms. The third-order valence-electron chi connectivity index (χ3n) is 6.02. The predicted molar refractivity (Wildman–Crippen MR) is 90.6 cm³/mol. The topological polar surface area (TPSA) is 54.6 Å². The van der Waals surface area contributed by atoms with Gasteiger partial charge in [-0.15, -0.1) is 0 Å². The van der Waals surface area contributed by atoms with Crippen molar-refractivity contribution in [2.75, 3.05) is 39.9 Å². The maximum atomic E-state index is 5.44. The van der Waals surface area contributed by atoms with E-state index in [1.165, 1.54) is 51.7 Å². The summed E-state index contributed by atoms with van der Waals surface area (Å²) in [6.07, 6.45) is 7.80. The van der Waals surface area contributed by atoms with Crippen LogP contribution in [0, 0.1) is 11.8 Å². The highest BCUT2D eigenvalue weighted by molar-refractivity contribution is 4.93. The zero-order valence-corrected chi connectivity index (χ0v) is 14.8. The molecule has 0 radical (unpaired) electrons. The second-order valence-electron chi connectivity index (χ2n) is 7.89. The summed E-state index contributed by atoms with van der Waals surface area (Å²) in [4.78, 5) is 9.85. The average Bonchev–Trinajstić information content (AvgIpc) is 2.80. The van der Waals surface area contributed by atoms with Gasteiger partial charge in [-0.05, 0) is 37.5 Å². The van der Waals surface area contributed by atoms with Crippen LogP contribution in [0.25, 0.3) is 0 Å². The molecule has 6 nitrogen and oxygen atoms in total. The molecule has 5 rings (SSSR count). The van der Waals surface area contributed by atoms with Crippen molar-refractivity contribution < 1.29 is 9.26 Å². The molecule has 3 saturated heterocycles. The van der Waals surface area contributed by atoms with E-state index < -0.39 is 0 Å². The number of hydrogen-bond donors (Lipinski definition) is 0. The van der Waals surface area contributed by atoms with Crippen LogP contribution in [0.15, 0.2) is 4.52 Å². The van der Waals surface area contributed by atoms with E-state index in [0.29, 0.717) is 6.61 Å². The Morgan fingerprint density at radius 1 is 1.17 bits per heavy atom. The lowest BCUT2D eigenvalue weighted by atomic mass is 9.83. The van der Waals surface area contributed by atoms with Gasteiger partial charge in [0, 0.05) is 45.8 Å². The molecular weight excluding hydrogens is 304 g/mol. The van der Waals surface area contributed by atoms with Gasteiger partial charge in [0.15, 0.2) is 5.82 Å². The molecule has 0 unspecified atom stereocenters. The Kier molecular flexibility index (Phi) is 5.15. The van der Waals surface area contributed by atoms with Gasteiger partial charge >= 0.3 is 0 Å². The summed E-state index contributed by atoms with van der Waals surface area (Å²) in [5.41, 5.74) is 0. The molecule has 134 valence electrons. The number of fused-ring (bicyclic) bond motifs is 4. The Balaban J connectivity index is 1.34. The van der Waals surface area contributed by atoms with Crippen LogP contribution in [-0.2, 0) is 17.7 Å². The van der Waals surface area contributed by atoms with E-state index >= 15 is 0 Å². The van der Waals surface area contributed by atoms with E-state index in [1.54, 1.807) is 7.11 Å². The molecule has 1 aromatic rings. The molecule has 4 heterocycles. The molecule has 0 aromatic carbocycles. The lowest BCUT2D eigenvalue weighted by molar-refractivity contribution is 0.0887. The molecule has 2 bridgehead atoms. The first-order valence-corrected chi connectivity index (χ1v) is 9.57. The number of nitrogens with zero attached hydrogens (tertiary/aromatic N) is 4. The van der Waals surface area contributed by atoms with Gasteiger partial charge in [-0.3, -0.25) is 9.80 Å². The first-order chi connectivity index (χ1) is 11.8. The standard InChI is InChI=1S/C18H30N4O2/c1-23-8-7-17-19-18(24-20-17)13-21-9-15-5-6-16(12-21)22(11-15)10-14-3-2-4-14/h14-16H,2-13H2,1H3/t15-,16+/m0/s1. The summed E-state index contributed by atoms with van der Waals surface area (Å²) in [7, 11) is 1.70. The number of aromatic nitrogens is 2. The minimum absolute atomic E-state index is 0.642. The Hall–Kier alpha value is -0.980. The maximum absolute atomic E-state index is 5.44. The Morgan fingerprint density at radius 3 is 2.88 bits per heavy atom. The fourth-order valence-electron chi connectivity index (χ4n) is 4.48. The summed E-state index contributed by atoms with van der Waals surface area (Å²) in [6, 6.07) is 0.722. The fraction of sp³-hybridized carbons (Fsp3) is 0.889. The van der Waals surface area contributed by atoms with Crippen molar-refractivity contribution in [3.63, 3.8) is 0 Å². The zero-order chi connectivity index (χ0) is 16.4. The number of ether oxygens (including phenoxy) is 1. The van der Waals surface area contributed by atoms with Crippen LogP contribution >= 0.6 is 0 Å². The lowest BCUT2D eigenvalue weighted by Gasteiger charge is -2.40. The van der Waals surface area contributed by atoms with Crippen LogP contribution in [0.3, 0.4) is 0 Å². The first kappa shape index (κ1) is 16.5. The number of rotatable bonds is 7. The largest absolute Gasteiger partial charge is 0.384 e. The fourth-order valence-corrected chi connectivity index (χ4v) is 4.48. The molecule has 0 N–H and O–H groups in total. The molecule has 1 saturated carbocycles. The molecule has 1 aliphatic carbocycles. The van der Waals surface area contributed by atoms with Gasteiger partial charge < -0.3 is 9.26 Å². The molecular formula is C18H30N4O2. The highest BCUT2D eigenvalue weighted by Gasteiger charge is 2.36. The van der Waals surface area contributed by atoms with Crippen LogP contribution in [0.1, 0.15) is 43.8 Å². The lowest BCUT2D eigenvalue weighted by Crippen LogP contribution is -2.46. The second-order valence-corrected chi connectivity index (χ2v) is 7.89. The van der Waals surface area contributed by atoms with Crippen molar-refractivity contribution in [1.29, 1.82) is 0 Å². The quantitative estimate of drug-likeness (QED) is 0.760. The molecule has 4 aliphatic rings. The maximum Gasteiger partial charge on any atom is 0.240 e. The van der Waals surface area contributed by atoms with Gasteiger partial charge in [0.2, 0.25) is 5.89 Å². The van der Waals surface area contributed by atoms with Crippen molar-refractivity contribution in [3.8, 4) is 0 Å². The summed E-state index contributed by atoms with van der Waals surface area (Å²) >= 11 is 0. The van der Waals surface area contributed by atoms with Crippen LogP contribution in [0.4, 0.5) is 0 Å². The van der Waals surface area contributed by atoms with Crippen molar-refractivity contribution in [1.82, 2.24) is 19.9 Å². The summed E-state index contributed by atoms with van der Waals surface area (Å²) in [6.45, 7) is 6.39. The Morgan fingerprint density at radius 2 is 2.08 bits per heavy atom. The third kappa shape index (κ3) is 3.81. The number of piperidine rings is 1. The van der Waals surface area contributed by atoms with Crippen LogP contribution < -0.4 is 0 Å². The van der Waals surface area contributed by atoms with Gasteiger partial charge in [0.1, 0.15) is 0 Å². The second kappa shape index (κ2) is 7.50. The molecule has 3 aliphatic heterocycles. The van der Waals surface area contributed by atoms with E-state index in [2.05, 4.69) is 19.9 Å². The summed E-state index contributed by atoms with van der Waals surface area (Å²) in [5.74, 6) is 3.29. The Bertz CT molecular complexity index is 531. The highest BCUT2D eigenvalue weighted by Crippen LogP contribution is 2.33. The molecule has 4 fully saturated rings. The SMILES string of the molecule is COCCc1noc(CN2C[C@@H]3CC[C@H](C2)N(CC2CCC2)C3)n1. The molecule has 24 heavy (non-hydrogen) atoms. The van der Waals surface area contributed by atoms with Crippen molar-refractivity contribution >= 4 is 0 Å². The van der Waals surface area contributed by atoms with Crippen molar-refractivity contribution in [3.05, 3.63) is 11.7 Å². The van der Waals surface area contributed by atoms with Gasteiger partial charge in [0.05, 0.1) is 13.2 Å². The van der Waals surface area contributed by atoms with Crippen LogP contribution in [-0.4, -0.2) is 65.9 Å². The first-order valence-electron chi connectivity index (χ1n) is 9.57. The van der Waals surface area contributed by atoms with Gasteiger partial charge in [-0.25, -0.2) is 0 Å². The van der Waals surface area contributed by atoms with Crippen LogP contribution in [0.5, 0.6) is 0 Å². The molecule has 0 spiro atoms. The van der Waals surface area contributed by atoms with E-state index in [9.17, 15) is 0 Å². The smallest absolute Gasteiger partial charge is 0.240 e. The zero-order valence-electron chi connectivity index (χ0n) is 14.8. The number of hydrogen-bond acceptors (Lipinski definition) is 6. The van der Waals surface area contributed by atoms with Crippen molar-refractivity contribution in [2.45, 2.75) is 51.1 Å². The predicted octanol–water partition coefficient (Wildman–Crippen LogP) is 1.95. The summed E-state index contributed by atoms with van der Waals surface area (Å²) in [5, 5.41) is 4.07. The van der Waals surface area contributed by atoms with Gasteiger partial charge in [-0.2, -0.15) is 4.98 Å². The highest BCUT2D eigenvalue weighted by atomic mass is 16.5. The number of methoxy groups -OCH3 is 1. The average molecular weight is 334 g/mol. The monoisotopic (exact) mass is 334 g/mol. The summed E-state index contributed by atoms with van der Waals surface area (Å²) < 4.78 is 10.5. The van der Waals surface area contributed by atoms with E-state index in [4.69, 9.17) is 9.26 Å². The van der Waals surface area contributed by atoms with E-state index in [1.807, 2.05) is 0 Å². The molecule has 1 aromatic heterocycles. The third-order valence-corrected chi connectivity index (χ3v) is 6.02. The van der Waals surface area contributed by atoms with E-state index in [0.717, 1.165) is 49.1 Å². The minimum atomic E-state index is 0.642. The van der Waals surface area contributed by atoms with Crippen LogP contribution in [0.2, 0.25) is 0 Å². The molecule has 0 amide bonds. The molecule has 2 atom stereocenters. The van der Waals surface area contributed by atoms with Gasteiger partial charge in [-0.1, -0.05) is 11.6 Å². The van der Waals surface area contributed by atoms with E-state index in [-0.39, 0.29) is 0 Å². The van der Waals surface area contributed by atoms with Crippen molar-refractivity contribution in [2.24, 2.45) is 11.8 Å². The normalized spacial score (nSPS) is 28.9. The minimum Gasteiger partial charge on any atom is -0.384 e. The Labute approximate surface area is 144 Å².